The van der Waals surface area contributed by atoms with Crippen LogP contribution >= 0.6 is 0 Å². The molecule has 0 bridgehead atoms. The van der Waals surface area contributed by atoms with Crippen LogP contribution in [0.15, 0.2) is 28.4 Å². The number of hydrazone groups is 2. The van der Waals surface area contributed by atoms with E-state index >= 15 is 0 Å². The summed E-state index contributed by atoms with van der Waals surface area (Å²) in [5.74, 6) is -1.68. The number of amides is 4. The van der Waals surface area contributed by atoms with Gasteiger partial charge in [-0.05, 0) is 12.1 Å². The molecule has 0 spiro atoms. The Bertz CT molecular complexity index is 801. The van der Waals surface area contributed by atoms with Crippen molar-refractivity contribution in [3.8, 4) is 0 Å². The van der Waals surface area contributed by atoms with Gasteiger partial charge in [0.15, 0.2) is 0 Å². The van der Waals surface area contributed by atoms with Gasteiger partial charge >= 0.3 is 12.1 Å². The molecule has 1 aromatic rings. The van der Waals surface area contributed by atoms with E-state index in [-0.39, 0.29) is 11.1 Å². The number of hydrogen-bond donors (Lipinski definition) is 4. The topological polar surface area (TPSA) is 212 Å². The highest BCUT2D eigenvalue weighted by Gasteiger charge is 2.21. The molecule has 13 heteroatoms. The third-order valence-electron chi connectivity index (χ3n) is 2.46. The molecule has 0 saturated heterocycles. The van der Waals surface area contributed by atoms with Crippen molar-refractivity contribution in [1.29, 1.82) is 0 Å². The molecular weight excluding hydrogens is 338 g/mol. The van der Waals surface area contributed by atoms with Gasteiger partial charge in [0.25, 0.3) is 5.69 Å². The highest BCUT2D eigenvalue weighted by molar-refractivity contribution is 6.38. The van der Waals surface area contributed by atoms with E-state index in [2.05, 4.69) is 10.2 Å². The first-order valence-corrected chi connectivity index (χ1v) is 6.26. The standard InChI is InChI=1S/C12H11N7O6/c13-11(22)17-15-4-9(20)6-1-2-7(8(3-6)19(24)25)10(21)5-16-18-12(14)23/h1-5H,(H3,13,17,22)(H3,14,18,23)/b15-4+,16-5-. The average molecular weight is 349 g/mol. The molecule has 0 saturated carbocycles. The third-order valence-corrected chi connectivity index (χ3v) is 2.46. The molecule has 0 heterocycles. The molecule has 25 heavy (non-hydrogen) atoms. The Morgan fingerprint density at radius 1 is 1.00 bits per heavy atom. The number of benzene rings is 1. The quantitative estimate of drug-likeness (QED) is 0.215. The number of carbonyl (C=O) groups is 4. The third kappa shape index (κ3) is 5.85. The summed E-state index contributed by atoms with van der Waals surface area (Å²) in [5.41, 5.74) is 11.8. The smallest absolute Gasteiger partial charge is 0.332 e. The number of urea groups is 2. The van der Waals surface area contributed by atoms with Crippen molar-refractivity contribution >= 4 is 41.7 Å². The van der Waals surface area contributed by atoms with Crippen molar-refractivity contribution < 1.29 is 24.1 Å². The van der Waals surface area contributed by atoms with E-state index < -0.39 is 34.2 Å². The zero-order valence-electron chi connectivity index (χ0n) is 12.3. The van der Waals surface area contributed by atoms with Crippen LogP contribution in [0.1, 0.15) is 20.7 Å². The Labute approximate surface area is 138 Å². The van der Waals surface area contributed by atoms with E-state index in [4.69, 9.17) is 11.5 Å². The highest BCUT2D eigenvalue weighted by atomic mass is 16.6. The SMILES string of the molecule is NC(=O)N/N=C\C(=O)c1ccc(C(=O)/C=N/NC(N)=O)cc1[N+](=O)[O-]. The van der Waals surface area contributed by atoms with Gasteiger partial charge in [0.2, 0.25) is 11.6 Å². The number of carbonyl (C=O) groups excluding carboxylic acids is 4. The van der Waals surface area contributed by atoms with Crippen LogP contribution in [0.2, 0.25) is 0 Å². The van der Waals surface area contributed by atoms with Crippen LogP contribution in [0, 0.1) is 10.1 Å². The average Bonchev–Trinajstić information content (AvgIpc) is 2.53. The molecule has 13 nitrogen and oxygen atoms in total. The second-order valence-corrected chi connectivity index (χ2v) is 4.19. The zero-order valence-corrected chi connectivity index (χ0v) is 12.3. The normalized spacial score (nSPS) is 10.6. The summed E-state index contributed by atoms with van der Waals surface area (Å²) in [6.07, 6.45) is 1.30. The zero-order chi connectivity index (χ0) is 19.0. The number of rotatable bonds is 7. The summed E-state index contributed by atoms with van der Waals surface area (Å²) < 4.78 is 0. The molecule has 130 valence electrons. The van der Waals surface area contributed by atoms with E-state index in [9.17, 15) is 29.3 Å². The predicted octanol–water partition coefficient (Wildman–Crippen LogP) is -0.732. The lowest BCUT2D eigenvalue weighted by Crippen LogP contribution is -2.25. The number of nitro benzene ring substituents is 1. The van der Waals surface area contributed by atoms with E-state index in [1.165, 1.54) is 0 Å². The Morgan fingerprint density at radius 2 is 1.52 bits per heavy atom. The molecule has 0 aliphatic rings. The second kappa shape index (κ2) is 8.47. The molecule has 1 aromatic carbocycles. The summed E-state index contributed by atoms with van der Waals surface area (Å²) >= 11 is 0. The Kier molecular flexibility index (Phi) is 6.40. The number of hydrogen-bond acceptors (Lipinski definition) is 8. The molecule has 0 unspecified atom stereocenters. The van der Waals surface area contributed by atoms with Gasteiger partial charge in [0, 0.05) is 11.6 Å². The van der Waals surface area contributed by atoms with Gasteiger partial charge < -0.3 is 11.5 Å². The van der Waals surface area contributed by atoms with Crippen molar-refractivity contribution in [2.75, 3.05) is 0 Å². The monoisotopic (exact) mass is 349 g/mol. The minimum Gasteiger partial charge on any atom is -0.350 e. The largest absolute Gasteiger partial charge is 0.350 e. The number of nitrogens with two attached hydrogens (primary N) is 2. The fraction of sp³-hybridized carbons (Fsp3) is 0. The number of Topliss-reactive ketones (excluding diaryl/α,β-unsaturated/α-hetero) is 2. The van der Waals surface area contributed by atoms with Gasteiger partial charge in [0.05, 0.1) is 17.4 Å². The molecule has 4 amide bonds. The number of nitrogens with one attached hydrogen (secondary N) is 2. The molecule has 1 rings (SSSR count). The van der Waals surface area contributed by atoms with Gasteiger partial charge in [-0.25, -0.2) is 20.4 Å². The lowest BCUT2D eigenvalue weighted by atomic mass is 10.0. The number of ketones is 2. The maximum absolute atomic E-state index is 11.9. The maximum Gasteiger partial charge on any atom is 0.332 e. The van der Waals surface area contributed by atoms with E-state index in [0.717, 1.165) is 18.2 Å². The highest BCUT2D eigenvalue weighted by Crippen LogP contribution is 2.20. The summed E-state index contributed by atoms with van der Waals surface area (Å²) in [4.78, 5) is 54.7. The lowest BCUT2D eigenvalue weighted by Gasteiger charge is -2.01. The van der Waals surface area contributed by atoms with E-state index in [1.807, 2.05) is 0 Å². The van der Waals surface area contributed by atoms with Gasteiger partial charge in [-0.3, -0.25) is 19.7 Å². The van der Waals surface area contributed by atoms with Crippen molar-refractivity contribution in [2.24, 2.45) is 21.7 Å². The van der Waals surface area contributed by atoms with Crippen molar-refractivity contribution in [3.63, 3.8) is 0 Å². The lowest BCUT2D eigenvalue weighted by molar-refractivity contribution is -0.385. The molecule has 0 radical (unpaired) electrons. The van der Waals surface area contributed by atoms with Crippen molar-refractivity contribution in [2.45, 2.75) is 0 Å². The van der Waals surface area contributed by atoms with Gasteiger partial charge in [-0.2, -0.15) is 10.2 Å². The molecule has 0 aliphatic heterocycles. The van der Waals surface area contributed by atoms with Crippen LogP contribution in [0.25, 0.3) is 0 Å². The van der Waals surface area contributed by atoms with Crippen LogP contribution in [0.4, 0.5) is 15.3 Å². The minimum absolute atomic E-state index is 0.162. The fourth-order valence-electron chi connectivity index (χ4n) is 1.50. The molecule has 0 aromatic heterocycles. The Balaban J connectivity index is 3.09. The van der Waals surface area contributed by atoms with Gasteiger partial charge in [-0.1, -0.05) is 0 Å². The van der Waals surface area contributed by atoms with Crippen LogP contribution < -0.4 is 22.3 Å². The number of nitrogens with zero attached hydrogens (tertiary/aromatic N) is 3. The number of nitro groups is 1. The molecule has 0 atom stereocenters. The Morgan fingerprint density at radius 3 is 2.00 bits per heavy atom. The summed E-state index contributed by atoms with van der Waals surface area (Å²) in [6, 6.07) is 0.984. The molecule has 0 aliphatic carbocycles. The van der Waals surface area contributed by atoms with Crippen molar-refractivity contribution in [3.05, 3.63) is 39.4 Å². The van der Waals surface area contributed by atoms with Crippen LogP contribution in [-0.2, 0) is 0 Å². The summed E-state index contributed by atoms with van der Waals surface area (Å²) in [5, 5.41) is 17.5. The predicted molar refractivity (Wildman–Crippen MR) is 84.2 cm³/mol. The van der Waals surface area contributed by atoms with Crippen LogP contribution in [0.3, 0.4) is 0 Å². The number of primary amides is 2. The first-order valence-electron chi connectivity index (χ1n) is 6.26. The van der Waals surface area contributed by atoms with E-state index in [1.54, 1.807) is 10.9 Å². The fourth-order valence-corrected chi connectivity index (χ4v) is 1.50. The van der Waals surface area contributed by atoms with Crippen molar-refractivity contribution in [1.82, 2.24) is 10.9 Å². The molecule has 6 N–H and O–H groups in total. The van der Waals surface area contributed by atoms with E-state index in [0.29, 0.717) is 12.4 Å². The van der Waals surface area contributed by atoms with Crippen LogP contribution in [0.5, 0.6) is 0 Å². The Hall–Kier alpha value is -4.16. The second-order valence-electron chi connectivity index (χ2n) is 4.19. The summed E-state index contributed by atoms with van der Waals surface area (Å²) in [7, 11) is 0. The first-order chi connectivity index (χ1) is 11.7. The molecule has 0 fully saturated rings. The van der Waals surface area contributed by atoms with Gasteiger partial charge in [0.1, 0.15) is 5.56 Å². The van der Waals surface area contributed by atoms with Gasteiger partial charge in [-0.15, -0.1) is 0 Å². The van der Waals surface area contributed by atoms with Crippen LogP contribution in [-0.4, -0.2) is 41.0 Å². The first kappa shape index (κ1) is 18.9. The summed E-state index contributed by atoms with van der Waals surface area (Å²) in [6.45, 7) is 0. The maximum atomic E-state index is 11.9. The minimum atomic E-state index is -1.02. The molecular formula is C12H11N7O6.